The first-order valence-corrected chi connectivity index (χ1v) is 25.7. The molecule has 6 heteroatoms. The van der Waals surface area contributed by atoms with E-state index in [0.29, 0.717) is 19.3 Å². The monoisotopic (exact) mass is 875 g/mol. The molecule has 63 heavy (non-hydrogen) atoms. The minimum atomic E-state index is -0.796. The van der Waals surface area contributed by atoms with Gasteiger partial charge in [-0.1, -0.05) is 208 Å². The average Bonchev–Trinajstić information content (AvgIpc) is 3.28. The van der Waals surface area contributed by atoms with Crippen LogP contribution in [0.5, 0.6) is 0 Å². The molecule has 0 amide bonds. The predicted molar refractivity (Wildman–Crippen MR) is 270 cm³/mol. The maximum atomic E-state index is 12.8. The van der Waals surface area contributed by atoms with E-state index in [1.54, 1.807) is 0 Å². The number of carbonyl (C=O) groups excluding carboxylic acids is 3. The largest absolute Gasteiger partial charge is 0.462 e. The van der Waals surface area contributed by atoms with Gasteiger partial charge in [-0.25, -0.2) is 0 Å². The van der Waals surface area contributed by atoms with Gasteiger partial charge in [0.15, 0.2) is 6.10 Å². The Morgan fingerprint density at radius 2 is 0.619 bits per heavy atom. The van der Waals surface area contributed by atoms with Crippen molar-refractivity contribution in [1.82, 2.24) is 0 Å². The number of ether oxygens (including phenoxy) is 3. The highest BCUT2D eigenvalue weighted by atomic mass is 16.6. The van der Waals surface area contributed by atoms with Crippen LogP contribution in [0.25, 0.3) is 0 Å². The Labute approximate surface area is 387 Å². The van der Waals surface area contributed by atoms with Crippen LogP contribution in [0.2, 0.25) is 0 Å². The summed E-state index contributed by atoms with van der Waals surface area (Å²) in [4.78, 5) is 37.9. The van der Waals surface area contributed by atoms with Crippen LogP contribution in [0.4, 0.5) is 0 Å². The number of carbonyl (C=O) groups is 3. The Kier molecular flexibility index (Phi) is 48.0. The number of rotatable bonds is 45. The zero-order chi connectivity index (χ0) is 45.8. The molecule has 358 valence electrons. The summed E-state index contributed by atoms with van der Waals surface area (Å²) in [5.74, 6) is -0.948. The van der Waals surface area contributed by atoms with Gasteiger partial charge in [0.2, 0.25) is 0 Å². The molecule has 0 unspecified atom stereocenters. The summed E-state index contributed by atoms with van der Waals surface area (Å²) in [6, 6.07) is 0. The van der Waals surface area contributed by atoms with E-state index < -0.39 is 6.10 Å². The second-order valence-corrected chi connectivity index (χ2v) is 16.7. The van der Waals surface area contributed by atoms with E-state index in [0.717, 1.165) is 135 Å². The number of hydrogen-bond donors (Lipinski definition) is 0. The molecule has 0 aliphatic heterocycles. The summed E-state index contributed by atoms with van der Waals surface area (Å²) < 4.78 is 16.7. The van der Waals surface area contributed by atoms with Crippen LogP contribution in [-0.4, -0.2) is 37.2 Å². The molecule has 6 nitrogen and oxygen atoms in total. The Hall–Kier alpha value is -3.67. The standard InChI is InChI=1S/C57H94O6/c1-4-7-10-13-16-19-22-24-26-27-28-29-31-33-36-38-41-44-47-50-56(59)62-53-54(63-57(60)51-48-45-42-39-34-21-18-15-12-9-6-3)52-61-55(58)49-46-43-40-37-35-32-30-25-23-20-17-14-11-8-5-2/h7-8,10-11,16-17,19-20,24-26,28-30,33,36,54H,4-6,9,12-15,18,21-23,27,31-32,34-35,37-53H2,1-3H3/b10-7-,11-8-,19-16-,20-17-,26-24-,29-28-,30-25-,36-33-/t54-/m0/s1. The fraction of sp³-hybridized carbons (Fsp3) is 0.667. The van der Waals surface area contributed by atoms with Crippen LogP contribution in [0.1, 0.15) is 226 Å². The Balaban J connectivity index is 4.44. The second kappa shape index (κ2) is 51.0. The Morgan fingerprint density at radius 1 is 0.333 bits per heavy atom. The maximum Gasteiger partial charge on any atom is 0.306 e. The third-order valence-electron chi connectivity index (χ3n) is 10.6. The summed E-state index contributed by atoms with van der Waals surface area (Å²) in [6.45, 7) is 6.35. The van der Waals surface area contributed by atoms with E-state index >= 15 is 0 Å². The number of allylic oxidation sites excluding steroid dienone is 16. The van der Waals surface area contributed by atoms with Gasteiger partial charge in [-0.3, -0.25) is 14.4 Å². The van der Waals surface area contributed by atoms with Crippen LogP contribution in [0.15, 0.2) is 97.2 Å². The van der Waals surface area contributed by atoms with Crippen molar-refractivity contribution in [2.45, 2.75) is 232 Å². The van der Waals surface area contributed by atoms with Gasteiger partial charge < -0.3 is 14.2 Å². The van der Waals surface area contributed by atoms with Crippen LogP contribution in [-0.2, 0) is 28.6 Å². The van der Waals surface area contributed by atoms with E-state index in [2.05, 4.69) is 118 Å². The van der Waals surface area contributed by atoms with Gasteiger partial charge in [-0.05, 0) is 96.3 Å². The molecular formula is C57H94O6. The summed E-state index contributed by atoms with van der Waals surface area (Å²) in [5, 5.41) is 0. The molecule has 1 atom stereocenters. The SMILES string of the molecule is CC/C=C\C/C=C\C/C=C\C/C=C\C/C=C\CCCCCC(=O)OC[C@H](COC(=O)CCCCCCC/C=C\C/C=C\C/C=C\CC)OC(=O)CCCCCCCCCCCCC. The molecule has 0 aromatic rings. The van der Waals surface area contributed by atoms with E-state index in [-0.39, 0.29) is 31.1 Å². The topological polar surface area (TPSA) is 78.9 Å². The van der Waals surface area contributed by atoms with E-state index in [1.165, 1.54) is 51.4 Å². The van der Waals surface area contributed by atoms with Crippen molar-refractivity contribution >= 4 is 17.9 Å². The highest BCUT2D eigenvalue weighted by Gasteiger charge is 2.19. The van der Waals surface area contributed by atoms with Crippen molar-refractivity contribution in [3.05, 3.63) is 97.2 Å². The first kappa shape index (κ1) is 59.3. The van der Waals surface area contributed by atoms with Crippen molar-refractivity contribution < 1.29 is 28.6 Å². The van der Waals surface area contributed by atoms with Gasteiger partial charge in [-0.15, -0.1) is 0 Å². The Morgan fingerprint density at radius 3 is 0.984 bits per heavy atom. The first-order chi connectivity index (χ1) is 31.0. The molecular weight excluding hydrogens is 781 g/mol. The normalized spacial score (nSPS) is 12.9. The van der Waals surface area contributed by atoms with Crippen molar-refractivity contribution in [2.75, 3.05) is 13.2 Å². The molecule has 0 radical (unpaired) electrons. The lowest BCUT2D eigenvalue weighted by Crippen LogP contribution is -2.30. The molecule has 0 spiro atoms. The number of esters is 3. The van der Waals surface area contributed by atoms with Gasteiger partial charge in [-0.2, -0.15) is 0 Å². The smallest absolute Gasteiger partial charge is 0.306 e. The molecule has 0 rings (SSSR count). The third-order valence-corrected chi connectivity index (χ3v) is 10.6. The highest BCUT2D eigenvalue weighted by Crippen LogP contribution is 2.14. The van der Waals surface area contributed by atoms with E-state index in [4.69, 9.17) is 14.2 Å². The van der Waals surface area contributed by atoms with Gasteiger partial charge in [0, 0.05) is 19.3 Å². The summed E-state index contributed by atoms with van der Waals surface area (Å²) in [7, 11) is 0. The van der Waals surface area contributed by atoms with Gasteiger partial charge in [0.25, 0.3) is 0 Å². The van der Waals surface area contributed by atoms with Crippen molar-refractivity contribution in [3.63, 3.8) is 0 Å². The lowest BCUT2D eigenvalue weighted by atomic mass is 10.1. The first-order valence-electron chi connectivity index (χ1n) is 25.7. The average molecular weight is 875 g/mol. The molecule has 0 aliphatic rings. The minimum Gasteiger partial charge on any atom is -0.462 e. The van der Waals surface area contributed by atoms with Crippen molar-refractivity contribution in [1.29, 1.82) is 0 Å². The molecule has 0 bridgehead atoms. The molecule has 0 aliphatic carbocycles. The second-order valence-electron chi connectivity index (χ2n) is 16.7. The fourth-order valence-electron chi connectivity index (χ4n) is 6.78. The van der Waals surface area contributed by atoms with E-state index in [9.17, 15) is 14.4 Å². The predicted octanol–water partition coefficient (Wildman–Crippen LogP) is 17.0. The zero-order valence-corrected chi connectivity index (χ0v) is 40.8. The van der Waals surface area contributed by atoms with Crippen LogP contribution in [0, 0.1) is 0 Å². The molecule has 0 saturated carbocycles. The summed E-state index contributed by atoms with van der Waals surface area (Å²) >= 11 is 0. The Bertz CT molecular complexity index is 1280. The van der Waals surface area contributed by atoms with Crippen LogP contribution in [0.3, 0.4) is 0 Å². The van der Waals surface area contributed by atoms with Gasteiger partial charge >= 0.3 is 17.9 Å². The summed E-state index contributed by atoms with van der Waals surface area (Å²) in [5.41, 5.74) is 0. The van der Waals surface area contributed by atoms with Gasteiger partial charge in [0.05, 0.1) is 0 Å². The van der Waals surface area contributed by atoms with Crippen LogP contribution < -0.4 is 0 Å². The lowest BCUT2D eigenvalue weighted by molar-refractivity contribution is -0.167. The molecule has 0 saturated heterocycles. The molecule has 0 aromatic carbocycles. The maximum absolute atomic E-state index is 12.8. The van der Waals surface area contributed by atoms with Crippen LogP contribution >= 0.6 is 0 Å². The van der Waals surface area contributed by atoms with E-state index in [1.807, 2.05) is 0 Å². The minimum absolute atomic E-state index is 0.0969. The quantitative estimate of drug-likeness (QED) is 0.0262. The zero-order valence-electron chi connectivity index (χ0n) is 40.8. The lowest BCUT2D eigenvalue weighted by Gasteiger charge is -2.18. The third kappa shape index (κ3) is 49.2. The summed E-state index contributed by atoms with van der Waals surface area (Å²) in [6.07, 6.45) is 66.7. The fourth-order valence-corrected chi connectivity index (χ4v) is 6.78. The molecule has 0 heterocycles. The number of hydrogen-bond acceptors (Lipinski definition) is 6. The molecule has 0 aromatic heterocycles. The molecule has 0 N–H and O–H groups in total. The van der Waals surface area contributed by atoms with Gasteiger partial charge in [0.1, 0.15) is 13.2 Å². The number of unbranched alkanes of at least 4 members (excludes halogenated alkanes) is 18. The molecule has 0 fully saturated rings. The highest BCUT2D eigenvalue weighted by molar-refractivity contribution is 5.71. The van der Waals surface area contributed by atoms with Crippen molar-refractivity contribution in [2.24, 2.45) is 0 Å². The van der Waals surface area contributed by atoms with Crippen molar-refractivity contribution in [3.8, 4) is 0 Å².